The summed E-state index contributed by atoms with van der Waals surface area (Å²) >= 11 is 0. The van der Waals surface area contributed by atoms with Crippen molar-refractivity contribution in [2.45, 2.75) is 76.4 Å². The number of aryl methyl sites for hydroxylation is 2. The predicted molar refractivity (Wildman–Crippen MR) is 264 cm³/mol. The van der Waals surface area contributed by atoms with E-state index in [0.29, 0.717) is 59.8 Å². The quantitative estimate of drug-likeness (QED) is 0.115. The number of urea groups is 2. The van der Waals surface area contributed by atoms with Crippen LogP contribution in [0.15, 0.2) is 97.1 Å². The molecule has 2 aliphatic carbocycles. The fourth-order valence-electron chi connectivity index (χ4n) is 9.87. The third kappa shape index (κ3) is 10.8. The van der Waals surface area contributed by atoms with Gasteiger partial charge in [0.25, 0.3) is 11.8 Å². The minimum Gasteiger partial charge on any atom is -0.480 e. The highest BCUT2D eigenvalue weighted by atomic mass is 16.6. The molecule has 6 aliphatic rings. The molecule has 4 saturated heterocycles. The van der Waals surface area contributed by atoms with Gasteiger partial charge in [-0.3, -0.25) is 19.2 Å². The van der Waals surface area contributed by atoms with Crippen molar-refractivity contribution in [3.05, 3.63) is 130 Å². The lowest BCUT2D eigenvalue weighted by molar-refractivity contribution is -0.144. The van der Waals surface area contributed by atoms with Crippen LogP contribution >= 0.6 is 0 Å². The van der Waals surface area contributed by atoms with Gasteiger partial charge in [0.2, 0.25) is 17.1 Å². The Bertz CT molecular complexity index is 2660. The summed E-state index contributed by atoms with van der Waals surface area (Å²) < 4.78 is 10.9. The number of imide groups is 2. The number of anilines is 2. The van der Waals surface area contributed by atoms with E-state index in [1.165, 1.54) is 38.2 Å². The standard InChI is InChI=1S/C25H26N4O5.C15H15N3O6.C10H13N.2CH4/c1-26-23(32)27-19-7-8-20-17(13-19)9-11-25(20)22(31)29(24(33)34-25)15-21(30)28-12-10-18(14-28)16-5-3-2-4-6-16;1-16-13(22)17-9-2-3-10-8(6-9)4-5-15(10)12(21)18(7-11(19)20)14(23)24-15;1-2-4-9(5-3-1)10-6-7-11-8-10;;/h2-8,13,18H,9-12,14-15H2,1H3,(H2,26,27,32);2-3,6H,4-5,7H2,1H3,(H,19,20)(H2,16,17,22);1-5,10-11H,6-8H2;2*1H4/t18-,25-;15-;10-;;/m111../s1. The number of hydrogen-bond acceptors (Lipinski definition) is 11. The summed E-state index contributed by atoms with van der Waals surface area (Å²) in [5, 5.41) is 22.4. The highest BCUT2D eigenvalue weighted by Gasteiger charge is 2.59. The lowest BCUT2D eigenvalue weighted by Gasteiger charge is -2.22. The van der Waals surface area contributed by atoms with Crippen molar-refractivity contribution in [1.82, 2.24) is 30.7 Å². The summed E-state index contributed by atoms with van der Waals surface area (Å²) in [6.45, 7) is 2.43. The number of rotatable bonds is 8. The summed E-state index contributed by atoms with van der Waals surface area (Å²) in [4.78, 5) is 101. The van der Waals surface area contributed by atoms with Crippen molar-refractivity contribution in [2.24, 2.45) is 0 Å². The van der Waals surface area contributed by atoms with Crippen LogP contribution < -0.4 is 26.6 Å². The van der Waals surface area contributed by atoms with E-state index in [4.69, 9.17) is 14.6 Å². The van der Waals surface area contributed by atoms with Gasteiger partial charge in [-0.05, 0) is 84.7 Å². The van der Waals surface area contributed by atoms with Crippen LogP contribution in [-0.4, -0.2) is 121 Å². The molecule has 4 aromatic rings. The molecule has 4 aliphatic heterocycles. The summed E-state index contributed by atoms with van der Waals surface area (Å²) in [6, 6.07) is 30.1. The zero-order valence-corrected chi connectivity index (χ0v) is 38.2. The van der Waals surface area contributed by atoms with Crippen molar-refractivity contribution >= 4 is 59.3 Å². The van der Waals surface area contributed by atoms with Gasteiger partial charge in [0.15, 0.2) is 0 Å². The molecule has 71 heavy (non-hydrogen) atoms. The van der Waals surface area contributed by atoms with Crippen molar-refractivity contribution in [3.8, 4) is 0 Å². The fourth-order valence-corrected chi connectivity index (χ4v) is 9.87. The number of ether oxygens (including phenoxy) is 2. The first-order valence-corrected chi connectivity index (χ1v) is 22.9. The van der Waals surface area contributed by atoms with Gasteiger partial charge in [0.1, 0.15) is 13.1 Å². The molecule has 4 aromatic carbocycles. The first kappa shape index (κ1) is 52.6. The first-order valence-electron chi connectivity index (χ1n) is 22.9. The number of aliphatic carboxylic acids is 1. The molecule has 0 bridgehead atoms. The monoisotopic (exact) mass is 974 g/mol. The molecule has 0 saturated carbocycles. The van der Waals surface area contributed by atoms with Gasteiger partial charge in [0.05, 0.1) is 0 Å². The first-order chi connectivity index (χ1) is 33.2. The summed E-state index contributed by atoms with van der Waals surface area (Å²) in [5.74, 6) is -1.71. The van der Waals surface area contributed by atoms with E-state index >= 15 is 0 Å². The van der Waals surface area contributed by atoms with E-state index in [-0.39, 0.29) is 51.7 Å². The van der Waals surface area contributed by atoms with Gasteiger partial charge in [-0.2, -0.15) is 0 Å². The second-order valence-electron chi connectivity index (χ2n) is 17.6. The van der Waals surface area contributed by atoms with Crippen molar-refractivity contribution in [1.29, 1.82) is 0 Å². The predicted octanol–water partition coefficient (Wildman–Crippen LogP) is 6.25. The molecule has 19 nitrogen and oxygen atoms in total. The zero-order chi connectivity index (χ0) is 48.9. The smallest absolute Gasteiger partial charge is 0.418 e. The maximum atomic E-state index is 13.4. The molecule has 19 heteroatoms. The number of carboxylic acids is 1. The summed E-state index contributed by atoms with van der Waals surface area (Å²) in [5.41, 5.74) is 3.65. The highest BCUT2D eigenvalue weighted by Crippen LogP contribution is 2.47. The number of amides is 9. The number of carboxylic acid groups (broad SMARTS) is 1. The van der Waals surface area contributed by atoms with Crippen molar-refractivity contribution < 1.29 is 52.9 Å². The van der Waals surface area contributed by atoms with Crippen LogP contribution in [0, 0.1) is 0 Å². The number of likely N-dealkylation sites (tertiary alicyclic amines) is 1. The largest absolute Gasteiger partial charge is 0.480 e. The molecular formula is C52H62N8O11. The maximum Gasteiger partial charge on any atom is 0.418 e. The number of carbonyl (C=O) groups is 8. The van der Waals surface area contributed by atoms with E-state index < -0.39 is 47.7 Å². The van der Waals surface area contributed by atoms with E-state index in [2.05, 4.69) is 69.0 Å². The Balaban J connectivity index is 0.000000193. The van der Waals surface area contributed by atoms with Gasteiger partial charge < -0.3 is 46.1 Å². The lowest BCUT2D eigenvalue weighted by Crippen LogP contribution is -2.44. The van der Waals surface area contributed by atoms with E-state index in [9.17, 15) is 38.4 Å². The second-order valence-corrected chi connectivity index (χ2v) is 17.6. The molecule has 9 amide bonds. The normalized spacial score (nSPS) is 22.1. The minimum absolute atomic E-state index is 0. The molecule has 2 spiro atoms. The average molecular weight is 975 g/mol. The Morgan fingerprint density at radius 3 is 1.59 bits per heavy atom. The van der Waals surface area contributed by atoms with Gasteiger partial charge in [0, 0.05) is 75.0 Å². The third-order valence-corrected chi connectivity index (χ3v) is 13.4. The Morgan fingerprint density at radius 2 is 1.14 bits per heavy atom. The number of nitrogens with one attached hydrogen (secondary N) is 5. The molecular weight excluding hydrogens is 913 g/mol. The maximum absolute atomic E-state index is 13.4. The molecule has 0 radical (unpaired) electrons. The molecule has 10 rings (SSSR count). The minimum atomic E-state index is -1.46. The third-order valence-electron chi connectivity index (χ3n) is 13.4. The number of carbonyl (C=O) groups excluding carboxylic acids is 7. The van der Waals surface area contributed by atoms with Crippen LogP contribution in [0.1, 0.15) is 85.8 Å². The molecule has 4 fully saturated rings. The number of benzene rings is 4. The Labute approximate surface area is 412 Å². The molecule has 4 atom stereocenters. The van der Waals surface area contributed by atoms with Crippen LogP contribution in [0.2, 0.25) is 0 Å². The van der Waals surface area contributed by atoms with Crippen LogP contribution in [-0.2, 0) is 52.7 Å². The second kappa shape index (κ2) is 22.3. The van der Waals surface area contributed by atoms with Crippen LogP contribution in [0.3, 0.4) is 0 Å². The average Bonchev–Trinajstić information content (AvgIpc) is 4.24. The van der Waals surface area contributed by atoms with Gasteiger partial charge >= 0.3 is 30.2 Å². The summed E-state index contributed by atoms with van der Waals surface area (Å²) in [6.07, 6.45) is 1.93. The highest BCUT2D eigenvalue weighted by molar-refractivity contribution is 6.07. The topological polar surface area (TPSA) is 245 Å². The molecule has 0 aromatic heterocycles. The Morgan fingerprint density at radius 1 is 0.662 bits per heavy atom. The number of nitrogens with zero attached hydrogens (tertiary/aromatic N) is 3. The van der Waals surface area contributed by atoms with E-state index in [1.807, 2.05) is 18.2 Å². The van der Waals surface area contributed by atoms with Crippen LogP contribution in [0.25, 0.3) is 0 Å². The Kier molecular flexibility index (Phi) is 16.5. The van der Waals surface area contributed by atoms with Crippen molar-refractivity contribution in [2.75, 3.05) is 64.0 Å². The molecule has 0 unspecified atom stereocenters. The van der Waals surface area contributed by atoms with Crippen LogP contribution in [0.4, 0.5) is 30.6 Å². The molecule has 376 valence electrons. The summed E-state index contributed by atoms with van der Waals surface area (Å²) in [7, 11) is 3.01. The number of fused-ring (bicyclic) bond motifs is 4. The zero-order valence-electron chi connectivity index (χ0n) is 38.2. The fraction of sp³-hybridized carbons (Fsp3) is 0.385. The van der Waals surface area contributed by atoms with Crippen molar-refractivity contribution in [3.63, 3.8) is 0 Å². The van der Waals surface area contributed by atoms with E-state index in [1.54, 1.807) is 41.3 Å². The van der Waals surface area contributed by atoms with Gasteiger partial charge in [-0.15, -0.1) is 0 Å². The SMILES string of the molecule is C.C.CNC(=O)Nc1ccc2c(c1)CC[C@@]21OC(=O)N(CC(=O)N2CC[C@@H](c3ccccc3)C2)C1=O.CNC(=O)Nc1ccc2c(c1)CC[C@@]21OC(=O)N(CC(=O)O)C1=O.c1ccc([C@@H]2CCNC2)cc1. The van der Waals surface area contributed by atoms with Gasteiger partial charge in [-0.1, -0.05) is 87.6 Å². The molecule has 4 heterocycles. The number of hydrogen-bond donors (Lipinski definition) is 6. The van der Waals surface area contributed by atoms with Crippen LogP contribution in [0.5, 0.6) is 0 Å². The van der Waals surface area contributed by atoms with Gasteiger partial charge in [-0.25, -0.2) is 29.0 Å². The molecule has 6 N–H and O–H groups in total. The van der Waals surface area contributed by atoms with E-state index in [0.717, 1.165) is 34.9 Å². The lowest BCUT2D eigenvalue weighted by atomic mass is 9.94. The Hall–Kier alpha value is -7.80.